The molecule has 0 aromatic heterocycles. The van der Waals surface area contributed by atoms with Gasteiger partial charge in [0.25, 0.3) is 0 Å². The lowest BCUT2D eigenvalue weighted by Crippen LogP contribution is -2.64. The third-order valence-corrected chi connectivity index (χ3v) is 6.35. The van der Waals surface area contributed by atoms with Gasteiger partial charge in [-0.3, -0.25) is 19.2 Å². The van der Waals surface area contributed by atoms with E-state index in [1.54, 1.807) is 26.0 Å². The van der Waals surface area contributed by atoms with Gasteiger partial charge in [-0.1, -0.05) is 42.5 Å². The molecule has 0 aliphatic carbocycles. The zero-order valence-electron chi connectivity index (χ0n) is 21.1. The van der Waals surface area contributed by atoms with E-state index < -0.39 is 30.0 Å². The molecule has 10 heteroatoms. The molecular weight excluding hydrogens is 476 g/mol. The predicted octanol–water partition coefficient (Wildman–Crippen LogP) is 0.612. The van der Waals surface area contributed by atoms with Crippen molar-refractivity contribution in [3.63, 3.8) is 0 Å². The van der Waals surface area contributed by atoms with Crippen LogP contribution in [0.1, 0.15) is 25.0 Å². The molecule has 37 heavy (non-hydrogen) atoms. The largest absolute Gasteiger partial charge is 0.508 e. The van der Waals surface area contributed by atoms with Crippen LogP contribution in [0, 0.1) is 0 Å². The maximum atomic E-state index is 13.4. The number of hydrogen-bond donors (Lipinski definition) is 3. The number of piperazine rings is 1. The monoisotopic (exact) mass is 510 g/mol. The Bertz CT molecular complexity index is 1090. The van der Waals surface area contributed by atoms with Crippen molar-refractivity contribution >= 4 is 23.7 Å². The maximum absolute atomic E-state index is 13.4. The van der Waals surface area contributed by atoms with Gasteiger partial charge in [0.05, 0.1) is 12.6 Å². The molecule has 3 rings (SSSR count). The van der Waals surface area contributed by atoms with E-state index >= 15 is 0 Å². The van der Waals surface area contributed by atoms with Gasteiger partial charge in [-0.05, 0) is 43.5 Å². The third kappa shape index (κ3) is 7.29. The summed E-state index contributed by atoms with van der Waals surface area (Å²) in [5, 5.41) is 12.0. The molecule has 1 saturated heterocycles. The average molecular weight is 511 g/mol. The number of ether oxygens (including phenoxy) is 1. The van der Waals surface area contributed by atoms with Crippen LogP contribution in [0.4, 0.5) is 0 Å². The summed E-state index contributed by atoms with van der Waals surface area (Å²) in [5.74, 6) is -1.65. The van der Waals surface area contributed by atoms with Crippen LogP contribution in [-0.2, 0) is 36.8 Å². The molecule has 4 N–H and O–H groups in total. The molecule has 3 amide bonds. The zero-order chi connectivity index (χ0) is 26.9. The van der Waals surface area contributed by atoms with Gasteiger partial charge in [0, 0.05) is 19.5 Å². The number of esters is 1. The number of phenols is 1. The number of phenolic OH excluding ortho intramolecular Hbond substituents is 1. The molecule has 1 aliphatic heterocycles. The van der Waals surface area contributed by atoms with E-state index in [4.69, 9.17) is 10.5 Å². The van der Waals surface area contributed by atoms with Gasteiger partial charge in [0.2, 0.25) is 17.7 Å². The molecule has 2 aromatic rings. The van der Waals surface area contributed by atoms with Gasteiger partial charge in [0.1, 0.15) is 24.4 Å². The molecule has 1 aliphatic rings. The molecule has 0 saturated carbocycles. The first-order valence-electron chi connectivity index (χ1n) is 12.3. The van der Waals surface area contributed by atoms with E-state index in [-0.39, 0.29) is 56.6 Å². The summed E-state index contributed by atoms with van der Waals surface area (Å²) >= 11 is 0. The summed E-state index contributed by atoms with van der Waals surface area (Å²) in [6, 6.07) is 13.2. The molecular formula is C27H34N4O6. The smallest absolute Gasteiger partial charge is 0.325 e. The van der Waals surface area contributed by atoms with Crippen LogP contribution in [0.25, 0.3) is 0 Å². The van der Waals surface area contributed by atoms with Crippen LogP contribution in [0.2, 0.25) is 0 Å². The maximum Gasteiger partial charge on any atom is 0.325 e. The van der Waals surface area contributed by atoms with Crippen molar-refractivity contribution in [3.05, 3.63) is 65.7 Å². The quantitative estimate of drug-likeness (QED) is 0.398. The van der Waals surface area contributed by atoms with E-state index in [1.165, 1.54) is 21.9 Å². The lowest BCUT2D eigenvalue weighted by atomic mass is 10.00. The number of rotatable bonds is 10. The van der Waals surface area contributed by atoms with Gasteiger partial charge < -0.3 is 30.7 Å². The molecule has 198 valence electrons. The number of nitrogens with two attached hydrogens (primary N) is 1. The highest BCUT2D eigenvalue weighted by atomic mass is 16.5. The SMILES string of the molecule is CCOC(=O)CNC(=O)[C@@H](Cc1ccccc1)N1CCN(C(=O)[C@H](N)Cc2ccc(O)cc2)[C@H](C)C1=O. The Labute approximate surface area is 216 Å². The van der Waals surface area contributed by atoms with E-state index in [1.807, 2.05) is 30.3 Å². The van der Waals surface area contributed by atoms with Gasteiger partial charge in [0.15, 0.2) is 0 Å². The second-order valence-corrected chi connectivity index (χ2v) is 8.94. The highest BCUT2D eigenvalue weighted by molar-refractivity contribution is 5.94. The second-order valence-electron chi connectivity index (χ2n) is 8.94. The van der Waals surface area contributed by atoms with Crippen molar-refractivity contribution < 1.29 is 29.0 Å². The Balaban J connectivity index is 1.71. The predicted molar refractivity (Wildman–Crippen MR) is 136 cm³/mol. The highest BCUT2D eigenvalue weighted by Gasteiger charge is 2.40. The zero-order valence-corrected chi connectivity index (χ0v) is 21.1. The highest BCUT2D eigenvalue weighted by Crippen LogP contribution is 2.19. The Morgan fingerprint density at radius 2 is 1.70 bits per heavy atom. The molecule has 2 aromatic carbocycles. The fourth-order valence-electron chi connectivity index (χ4n) is 4.36. The molecule has 0 radical (unpaired) electrons. The number of amides is 3. The van der Waals surface area contributed by atoms with Crippen LogP contribution in [0.15, 0.2) is 54.6 Å². The summed E-state index contributed by atoms with van der Waals surface area (Å²) in [6.45, 7) is 3.55. The van der Waals surface area contributed by atoms with Gasteiger partial charge in [-0.15, -0.1) is 0 Å². The van der Waals surface area contributed by atoms with Crippen molar-refractivity contribution in [3.8, 4) is 5.75 Å². The van der Waals surface area contributed by atoms with E-state index in [2.05, 4.69) is 5.32 Å². The minimum Gasteiger partial charge on any atom is -0.508 e. The standard InChI is InChI=1S/C27H34N4O6/c1-3-37-24(33)17-29-25(34)23(16-19-7-5-4-6-8-19)31-14-13-30(18(2)26(31)35)27(36)22(28)15-20-9-11-21(32)12-10-20/h4-12,18,22-23,32H,3,13-17,28H2,1-2H3,(H,29,34)/t18-,22-,23-/m1/s1. The Hall–Kier alpha value is -3.92. The van der Waals surface area contributed by atoms with Crippen molar-refractivity contribution in [2.75, 3.05) is 26.2 Å². The van der Waals surface area contributed by atoms with Crippen molar-refractivity contribution in [1.82, 2.24) is 15.1 Å². The topological polar surface area (TPSA) is 142 Å². The van der Waals surface area contributed by atoms with Crippen LogP contribution >= 0.6 is 0 Å². The molecule has 0 bridgehead atoms. The summed E-state index contributed by atoms with van der Waals surface area (Å²) in [7, 11) is 0. The summed E-state index contributed by atoms with van der Waals surface area (Å²) in [4.78, 5) is 54.3. The number of aromatic hydroxyl groups is 1. The summed E-state index contributed by atoms with van der Waals surface area (Å²) < 4.78 is 4.88. The van der Waals surface area contributed by atoms with Crippen molar-refractivity contribution in [2.45, 2.75) is 44.8 Å². The molecule has 0 unspecified atom stereocenters. The van der Waals surface area contributed by atoms with Crippen molar-refractivity contribution in [2.24, 2.45) is 5.73 Å². The molecule has 1 heterocycles. The van der Waals surface area contributed by atoms with Crippen LogP contribution in [-0.4, -0.2) is 83.0 Å². The second kappa shape index (κ2) is 12.9. The van der Waals surface area contributed by atoms with Gasteiger partial charge in [-0.2, -0.15) is 0 Å². The average Bonchev–Trinajstić information content (AvgIpc) is 2.89. The first kappa shape index (κ1) is 27.7. The number of nitrogens with one attached hydrogen (secondary N) is 1. The minimum atomic E-state index is -0.866. The van der Waals surface area contributed by atoms with E-state index in [0.717, 1.165) is 11.1 Å². The van der Waals surface area contributed by atoms with E-state index in [0.29, 0.717) is 0 Å². The Kier molecular flexibility index (Phi) is 9.62. The molecule has 3 atom stereocenters. The number of carbonyl (C=O) groups is 4. The van der Waals surface area contributed by atoms with Crippen LogP contribution in [0.3, 0.4) is 0 Å². The number of benzene rings is 2. The fraction of sp³-hybridized carbons (Fsp3) is 0.407. The summed E-state index contributed by atoms with van der Waals surface area (Å²) in [5.41, 5.74) is 7.82. The van der Waals surface area contributed by atoms with Gasteiger partial charge >= 0.3 is 5.97 Å². The summed E-state index contributed by atoms with van der Waals surface area (Å²) in [6.07, 6.45) is 0.509. The normalized spacial score (nSPS) is 17.2. The van der Waals surface area contributed by atoms with E-state index in [9.17, 15) is 24.3 Å². The lowest BCUT2D eigenvalue weighted by Gasteiger charge is -2.43. The van der Waals surface area contributed by atoms with Crippen LogP contribution < -0.4 is 11.1 Å². The minimum absolute atomic E-state index is 0.121. The Morgan fingerprint density at radius 1 is 1.05 bits per heavy atom. The number of carbonyl (C=O) groups excluding carboxylic acids is 4. The van der Waals surface area contributed by atoms with Crippen LogP contribution in [0.5, 0.6) is 5.75 Å². The number of nitrogens with zero attached hydrogens (tertiary/aromatic N) is 2. The third-order valence-electron chi connectivity index (χ3n) is 6.35. The first-order valence-corrected chi connectivity index (χ1v) is 12.3. The first-order chi connectivity index (χ1) is 17.7. The number of hydrogen-bond acceptors (Lipinski definition) is 7. The van der Waals surface area contributed by atoms with Crippen molar-refractivity contribution in [1.29, 1.82) is 0 Å². The fourth-order valence-corrected chi connectivity index (χ4v) is 4.36. The lowest BCUT2D eigenvalue weighted by molar-refractivity contribution is -0.155. The van der Waals surface area contributed by atoms with Gasteiger partial charge in [-0.25, -0.2) is 0 Å². The molecule has 10 nitrogen and oxygen atoms in total. The molecule has 1 fully saturated rings. The Morgan fingerprint density at radius 3 is 2.35 bits per heavy atom. The molecule has 0 spiro atoms.